The molecule has 0 amide bonds. The standard InChI is InChI=1S/C15H21N3O3.C2H6/c1-11(16)17-9-3-4-14(15(19)20)18-10-12-5-7-13(21-2)8-6-12;1-2/h5-8,10,14H,3-4,9H2,1-2H3,(H2,16,17)(H,19,20);1-2H3. The van der Waals surface area contributed by atoms with Crippen LogP contribution in [0.15, 0.2) is 34.3 Å². The van der Waals surface area contributed by atoms with Gasteiger partial charge in [0, 0.05) is 12.8 Å². The van der Waals surface area contributed by atoms with Gasteiger partial charge in [-0.25, -0.2) is 4.79 Å². The highest BCUT2D eigenvalue weighted by molar-refractivity contribution is 5.83. The van der Waals surface area contributed by atoms with Crippen molar-refractivity contribution in [3.63, 3.8) is 0 Å². The molecule has 1 aromatic carbocycles. The van der Waals surface area contributed by atoms with Gasteiger partial charge in [0.2, 0.25) is 0 Å². The number of ether oxygens (including phenoxy) is 1. The Balaban J connectivity index is 0.00000232. The Morgan fingerprint density at radius 3 is 2.43 bits per heavy atom. The molecule has 23 heavy (non-hydrogen) atoms. The van der Waals surface area contributed by atoms with Crippen LogP contribution >= 0.6 is 0 Å². The van der Waals surface area contributed by atoms with Crippen LogP contribution in [0, 0.1) is 0 Å². The second kappa shape index (κ2) is 12.2. The van der Waals surface area contributed by atoms with Crippen molar-refractivity contribution in [2.45, 2.75) is 39.7 Å². The van der Waals surface area contributed by atoms with E-state index >= 15 is 0 Å². The van der Waals surface area contributed by atoms with Crippen LogP contribution in [0.2, 0.25) is 0 Å². The zero-order valence-corrected chi connectivity index (χ0v) is 14.3. The first-order valence-corrected chi connectivity index (χ1v) is 7.69. The summed E-state index contributed by atoms with van der Waals surface area (Å²) >= 11 is 0. The second-order valence-electron chi connectivity index (χ2n) is 4.57. The molecule has 0 aliphatic rings. The summed E-state index contributed by atoms with van der Waals surface area (Å²) in [4.78, 5) is 19.3. The summed E-state index contributed by atoms with van der Waals surface area (Å²) in [6, 6.07) is 6.48. The van der Waals surface area contributed by atoms with Gasteiger partial charge in [0.1, 0.15) is 11.8 Å². The maximum Gasteiger partial charge on any atom is 0.328 e. The van der Waals surface area contributed by atoms with E-state index in [9.17, 15) is 4.79 Å². The Hall–Kier alpha value is -2.37. The van der Waals surface area contributed by atoms with Crippen LogP contribution in [0.3, 0.4) is 0 Å². The molecule has 1 aromatic rings. The molecule has 0 radical (unpaired) electrons. The monoisotopic (exact) mass is 321 g/mol. The Bertz CT molecular complexity index is 506. The number of carbonyl (C=O) groups is 1. The summed E-state index contributed by atoms with van der Waals surface area (Å²) in [7, 11) is 1.59. The Labute approximate surface area is 138 Å². The van der Waals surface area contributed by atoms with Gasteiger partial charge in [-0.2, -0.15) is 0 Å². The van der Waals surface area contributed by atoms with E-state index in [-0.39, 0.29) is 0 Å². The van der Waals surface area contributed by atoms with Crippen molar-refractivity contribution in [1.29, 1.82) is 0 Å². The Morgan fingerprint density at radius 1 is 1.35 bits per heavy atom. The molecule has 128 valence electrons. The maximum atomic E-state index is 11.2. The summed E-state index contributed by atoms with van der Waals surface area (Å²) in [5.41, 5.74) is 6.25. The van der Waals surface area contributed by atoms with Crippen molar-refractivity contribution in [3.8, 4) is 5.75 Å². The third-order valence-electron chi connectivity index (χ3n) is 2.80. The molecular formula is C17H27N3O3. The van der Waals surface area contributed by atoms with Crippen LogP contribution in [0.1, 0.15) is 39.2 Å². The third-order valence-corrected chi connectivity index (χ3v) is 2.80. The quantitative estimate of drug-likeness (QED) is 0.437. The molecule has 1 unspecified atom stereocenters. The van der Waals surface area contributed by atoms with E-state index in [1.54, 1.807) is 32.4 Å². The summed E-state index contributed by atoms with van der Waals surface area (Å²) in [5, 5.41) is 9.15. The highest BCUT2D eigenvalue weighted by Crippen LogP contribution is 2.10. The van der Waals surface area contributed by atoms with E-state index in [4.69, 9.17) is 15.6 Å². The molecule has 0 aliphatic carbocycles. The molecule has 6 heteroatoms. The molecule has 0 fully saturated rings. The number of benzene rings is 1. The summed E-state index contributed by atoms with van der Waals surface area (Å²) in [5.74, 6) is 0.314. The molecule has 0 saturated heterocycles. The molecule has 0 saturated carbocycles. The number of amidine groups is 1. The Morgan fingerprint density at radius 2 is 1.96 bits per heavy atom. The van der Waals surface area contributed by atoms with Crippen molar-refractivity contribution in [3.05, 3.63) is 29.8 Å². The number of aliphatic carboxylic acids is 1. The summed E-state index contributed by atoms with van der Waals surface area (Å²) < 4.78 is 5.06. The predicted molar refractivity (Wildman–Crippen MR) is 94.8 cm³/mol. The SMILES string of the molecule is CC.COc1ccc(C=NC(CCCN=C(C)N)C(=O)O)cc1. The fourth-order valence-electron chi connectivity index (χ4n) is 1.67. The molecule has 0 heterocycles. The third kappa shape index (κ3) is 9.29. The van der Waals surface area contributed by atoms with Crippen LogP contribution in [-0.2, 0) is 4.79 Å². The number of hydrogen-bond acceptors (Lipinski definition) is 4. The molecule has 0 aliphatic heterocycles. The van der Waals surface area contributed by atoms with Crippen molar-refractivity contribution in [2.24, 2.45) is 15.7 Å². The van der Waals surface area contributed by atoms with Crippen molar-refractivity contribution in [2.75, 3.05) is 13.7 Å². The fraction of sp³-hybridized carbons (Fsp3) is 0.471. The van der Waals surface area contributed by atoms with Crippen molar-refractivity contribution >= 4 is 18.0 Å². The number of carboxylic acids is 1. The number of nitrogens with two attached hydrogens (primary N) is 1. The molecule has 6 nitrogen and oxygen atoms in total. The molecular weight excluding hydrogens is 294 g/mol. The summed E-state index contributed by atoms with van der Waals surface area (Å²) in [6.45, 7) is 6.22. The normalized spacial score (nSPS) is 12.4. The van der Waals surface area contributed by atoms with Crippen LogP contribution < -0.4 is 10.5 Å². The minimum atomic E-state index is -0.937. The lowest BCUT2D eigenvalue weighted by Crippen LogP contribution is -2.18. The lowest BCUT2D eigenvalue weighted by molar-refractivity contribution is -0.138. The van der Waals surface area contributed by atoms with Gasteiger partial charge in [-0.15, -0.1) is 0 Å². The Kier molecular flexibility index (Phi) is 10.9. The molecule has 1 atom stereocenters. The number of methoxy groups -OCH3 is 1. The van der Waals surface area contributed by atoms with Gasteiger partial charge in [-0.1, -0.05) is 13.8 Å². The smallest absolute Gasteiger partial charge is 0.328 e. The van der Waals surface area contributed by atoms with Crippen LogP contribution in [0.5, 0.6) is 5.75 Å². The van der Waals surface area contributed by atoms with E-state index in [2.05, 4.69) is 9.98 Å². The molecule has 3 N–H and O–H groups in total. The number of aliphatic imine (C=N–C) groups is 2. The van der Waals surface area contributed by atoms with Gasteiger partial charge in [0.25, 0.3) is 0 Å². The van der Waals surface area contributed by atoms with Crippen LogP contribution in [-0.4, -0.2) is 42.8 Å². The highest BCUT2D eigenvalue weighted by Gasteiger charge is 2.14. The minimum absolute atomic E-state index is 0.429. The molecule has 1 rings (SSSR count). The van der Waals surface area contributed by atoms with E-state index in [1.165, 1.54) is 0 Å². The van der Waals surface area contributed by atoms with Gasteiger partial charge in [-0.05, 0) is 49.6 Å². The first-order chi connectivity index (χ1) is 11.0. The first kappa shape index (κ1) is 20.6. The zero-order chi connectivity index (χ0) is 17.7. The van der Waals surface area contributed by atoms with Crippen molar-refractivity contribution in [1.82, 2.24) is 0 Å². The van der Waals surface area contributed by atoms with Gasteiger partial charge in [0.15, 0.2) is 0 Å². The summed E-state index contributed by atoms with van der Waals surface area (Å²) in [6.07, 6.45) is 2.62. The highest BCUT2D eigenvalue weighted by atomic mass is 16.5. The number of nitrogens with zero attached hydrogens (tertiary/aromatic N) is 2. The first-order valence-electron chi connectivity index (χ1n) is 7.69. The minimum Gasteiger partial charge on any atom is -0.497 e. The average molecular weight is 321 g/mol. The molecule has 0 spiro atoms. The van der Waals surface area contributed by atoms with Gasteiger partial charge in [0.05, 0.1) is 12.9 Å². The topological polar surface area (TPSA) is 97.3 Å². The van der Waals surface area contributed by atoms with Crippen LogP contribution in [0.25, 0.3) is 0 Å². The fourth-order valence-corrected chi connectivity index (χ4v) is 1.67. The van der Waals surface area contributed by atoms with Gasteiger partial charge < -0.3 is 15.6 Å². The lowest BCUT2D eigenvalue weighted by atomic mass is 10.1. The van der Waals surface area contributed by atoms with Gasteiger partial charge in [-0.3, -0.25) is 9.98 Å². The van der Waals surface area contributed by atoms with Crippen LogP contribution in [0.4, 0.5) is 0 Å². The van der Waals surface area contributed by atoms with E-state index in [1.807, 2.05) is 26.0 Å². The molecule has 0 bridgehead atoms. The lowest BCUT2D eigenvalue weighted by Gasteiger charge is -2.06. The average Bonchev–Trinajstić information content (AvgIpc) is 2.56. The van der Waals surface area contributed by atoms with Gasteiger partial charge >= 0.3 is 5.97 Å². The van der Waals surface area contributed by atoms with Crippen molar-refractivity contribution < 1.29 is 14.6 Å². The number of hydrogen-bond donors (Lipinski definition) is 2. The predicted octanol–water partition coefficient (Wildman–Crippen LogP) is 2.75. The van der Waals surface area contributed by atoms with E-state index < -0.39 is 12.0 Å². The zero-order valence-electron chi connectivity index (χ0n) is 14.3. The largest absolute Gasteiger partial charge is 0.497 e. The number of rotatable bonds is 8. The van der Waals surface area contributed by atoms with E-state index in [0.29, 0.717) is 25.2 Å². The second-order valence-corrected chi connectivity index (χ2v) is 4.57. The van der Waals surface area contributed by atoms with E-state index in [0.717, 1.165) is 11.3 Å². The number of carboxylic acid groups (broad SMARTS) is 1. The maximum absolute atomic E-state index is 11.2. The molecule has 0 aromatic heterocycles.